The van der Waals surface area contributed by atoms with Crippen LogP contribution in [0.3, 0.4) is 0 Å². The number of hydrogen-bond donors (Lipinski definition) is 2. The van der Waals surface area contributed by atoms with E-state index >= 15 is 0 Å². The van der Waals surface area contributed by atoms with Crippen molar-refractivity contribution in [2.24, 2.45) is 0 Å². The van der Waals surface area contributed by atoms with Gasteiger partial charge in [-0.25, -0.2) is 0 Å². The Morgan fingerprint density at radius 2 is 1.50 bits per heavy atom. The van der Waals surface area contributed by atoms with E-state index in [1.165, 1.54) is 0 Å². The number of carbonyl (C=O) groups excluding carboxylic acids is 1. The van der Waals surface area contributed by atoms with E-state index in [0.717, 1.165) is 11.1 Å². The maximum Gasteiger partial charge on any atom is 0.223 e. The van der Waals surface area contributed by atoms with Crippen LogP contribution < -0.4 is 5.32 Å². The van der Waals surface area contributed by atoms with Crippen molar-refractivity contribution in [1.82, 2.24) is 5.32 Å². The third-order valence-corrected chi connectivity index (χ3v) is 3.24. The van der Waals surface area contributed by atoms with Gasteiger partial charge in [0.15, 0.2) is 0 Å². The molecular formula is C17H19NO2. The number of nitrogens with one attached hydrogen (secondary N) is 1. The summed E-state index contributed by atoms with van der Waals surface area (Å²) >= 11 is 0. The molecule has 0 fully saturated rings. The lowest BCUT2D eigenvalue weighted by Crippen LogP contribution is -2.27. The SMILES string of the molecule is CC(NC(=O)CC(O)c1ccccc1)c1ccccc1. The Labute approximate surface area is 119 Å². The zero-order valence-corrected chi connectivity index (χ0v) is 11.5. The molecule has 0 aromatic heterocycles. The van der Waals surface area contributed by atoms with Gasteiger partial charge in [0.25, 0.3) is 0 Å². The van der Waals surface area contributed by atoms with Crippen LogP contribution in [-0.2, 0) is 4.79 Å². The number of benzene rings is 2. The van der Waals surface area contributed by atoms with Crippen molar-refractivity contribution in [1.29, 1.82) is 0 Å². The number of hydrogen-bond acceptors (Lipinski definition) is 2. The van der Waals surface area contributed by atoms with Crippen molar-refractivity contribution < 1.29 is 9.90 Å². The van der Waals surface area contributed by atoms with Crippen LogP contribution in [0.2, 0.25) is 0 Å². The predicted molar refractivity (Wildman–Crippen MR) is 79.0 cm³/mol. The number of amides is 1. The topological polar surface area (TPSA) is 49.3 Å². The van der Waals surface area contributed by atoms with E-state index in [1.54, 1.807) is 0 Å². The molecule has 0 aliphatic carbocycles. The molecule has 0 saturated heterocycles. The molecule has 0 aliphatic heterocycles. The summed E-state index contributed by atoms with van der Waals surface area (Å²) in [6, 6.07) is 18.9. The summed E-state index contributed by atoms with van der Waals surface area (Å²) in [5, 5.41) is 12.9. The molecule has 3 nitrogen and oxygen atoms in total. The van der Waals surface area contributed by atoms with Crippen LogP contribution in [0.4, 0.5) is 0 Å². The number of rotatable bonds is 5. The van der Waals surface area contributed by atoms with Gasteiger partial charge in [-0.05, 0) is 18.1 Å². The van der Waals surface area contributed by atoms with Gasteiger partial charge in [-0.3, -0.25) is 4.79 Å². The maximum atomic E-state index is 11.9. The van der Waals surface area contributed by atoms with Crippen molar-refractivity contribution in [3.8, 4) is 0 Å². The lowest BCUT2D eigenvalue weighted by Gasteiger charge is -2.16. The van der Waals surface area contributed by atoms with Gasteiger partial charge >= 0.3 is 0 Å². The Morgan fingerprint density at radius 1 is 1.00 bits per heavy atom. The van der Waals surface area contributed by atoms with Crippen molar-refractivity contribution in [2.75, 3.05) is 0 Å². The van der Waals surface area contributed by atoms with Gasteiger partial charge in [0.1, 0.15) is 0 Å². The Hall–Kier alpha value is -2.13. The molecule has 20 heavy (non-hydrogen) atoms. The molecule has 0 heterocycles. The van der Waals surface area contributed by atoms with E-state index in [-0.39, 0.29) is 18.4 Å². The van der Waals surface area contributed by atoms with Crippen molar-refractivity contribution >= 4 is 5.91 Å². The first-order valence-electron chi connectivity index (χ1n) is 6.74. The van der Waals surface area contributed by atoms with Crippen LogP contribution in [0.25, 0.3) is 0 Å². The molecule has 2 unspecified atom stereocenters. The van der Waals surface area contributed by atoms with Crippen LogP contribution in [0.15, 0.2) is 60.7 Å². The third kappa shape index (κ3) is 3.93. The van der Waals surface area contributed by atoms with Crippen LogP contribution in [0.5, 0.6) is 0 Å². The number of carbonyl (C=O) groups is 1. The maximum absolute atomic E-state index is 11.9. The molecule has 0 bridgehead atoms. The highest BCUT2D eigenvalue weighted by Gasteiger charge is 2.15. The predicted octanol–water partition coefficient (Wildman–Crippen LogP) is 2.99. The van der Waals surface area contributed by atoms with Crippen molar-refractivity contribution in [3.63, 3.8) is 0 Å². The molecule has 0 saturated carbocycles. The van der Waals surface area contributed by atoms with Crippen LogP contribution in [0, 0.1) is 0 Å². The summed E-state index contributed by atoms with van der Waals surface area (Å²) in [5.74, 6) is -0.155. The first kappa shape index (κ1) is 14.3. The molecule has 2 aromatic carbocycles. The fourth-order valence-electron chi connectivity index (χ4n) is 2.09. The van der Waals surface area contributed by atoms with E-state index in [2.05, 4.69) is 5.32 Å². The highest BCUT2D eigenvalue weighted by atomic mass is 16.3. The number of aliphatic hydroxyl groups excluding tert-OH is 1. The van der Waals surface area contributed by atoms with Crippen LogP contribution in [-0.4, -0.2) is 11.0 Å². The van der Waals surface area contributed by atoms with Gasteiger partial charge in [-0.1, -0.05) is 60.7 Å². The first-order chi connectivity index (χ1) is 9.66. The highest BCUT2D eigenvalue weighted by molar-refractivity contribution is 5.77. The largest absolute Gasteiger partial charge is 0.388 e. The molecule has 1 amide bonds. The average Bonchev–Trinajstić information content (AvgIpc) is 2.49. The fraction of sp³-hybridized carbons (Fsp3) is 0.235. The molecule has 2 rings (SSSR count). The Bertz CT molecular complexity index is 490. The van der Waals surface area contributed by atoms with E-state index in [9.17, 15) is 9.90 Å². The smallest absolute Gasteiger partial charge is 0.223 e. The van der Waals surface area contributed by atoms with E-state index in [1.807, 2.05) is 67.6 Å². The van der Waals surface area contributed by atoms with Crippen molar-refractivity contribution in [2.45, 2.75) is 25.5 Å². The summed E-state index contributed by atoms with van der Waals surface area (Å²) in [7, 11) is 0. The van der Waals surface area contributed by atoms with E-state index < -0.39 is 6.10 Å². The molecule has 0 spiro atoms. The molecule has 0 aliphatic rings. The van der Waals surface area contributed by atoms with Gasteiger partial charge < -0.3 is 10.4 Å². The van der Waals surface area contributed by atoms with Crippen LogP contribution >= 0.6 is 0 Å². The Balaban J connectivity index is 1.90. The minimum Gasteiger partial charge on any atom is -0.388 e. The number of aliphatic hydroxyl groups is 1. The van der Waals surface area contributed by atoms with Gasteiger partial charge in [0.05, 0.1) is 18.6 Å². The Kier molecular flexibility index (Phi) is 4.91. The first-order valence-corrected chi connectivity index (χ1v) is 6.74. The molecule has 2 atom stereocenters. The Morgan fingerprint density at radius 3 is 2.05 bits per heavy atom. The van der Waals surface area contributed by atoms with Gasteiger partial charge in [-0.2, -0.15) is 0 Å². The molecule has 2 aromatic rings. The standard InChI is InChI=1S/C17H19NO2/c1-13(14-8-4-2-5-9-14)18-17(20)12-16(19)15-10-6-3-7-11-15/h2-11,13,16,19H,12H2,1H3,(H,18,20). The molecule has 104 valence electrons. The lowest BCUT2D eigenvalue weighted by molar-refractivity contribution is -0.123. The van der Waals surface area contributed by atoms with Gasteiger partial charge in [-0.15, -0.1) is 0 Å². The molecular weight excluding hydrogens is 250 g/mol. The normalized spacial score (nSPS) is 13.5. The second-order valence-electron chi connectivity index (χ2n) is 4.83. The van der Waals surface area contributed by atoms with Gasteiger partial charge in [0.2, 0.25) is 5.91 Å². The summed E-state index contributed by atoms with van der Waals surface area (Å²) in [4.78, 5) is 11.9. The fourth-order valence-corrected chi connectivity index (χ4v) is 2.09. The summed E-state index contributed by atoms with van der Waals surface area (Å²) in [6.45, 7) is 1.93. The van der Waals surface area contributed by atoms with E-state index in [0.29, 0.717) is 0 Å². The lowest BCUT2D eigenvalue weighted by atomic mass is 10.1. The second kappa shape index (κ2) is 6.87. The van der Waals surface area contributed by atoms with Crippen LogP contribution in [0.1, 0.15) is 36.6 Å². The summed E-state index contributed by atoms with van der Waals surface area (Å²) in [6.07, 6.45) is -0.694. The minimum atomic E-state index is -0.765. The summed E-state index contributed by atoms with van der Waals surface area (Å²) in [5.41, 5.74) is 1.81. The summed E-state index contributed by atoms with van der Waals surface area (Å²) < 4.78 is 0. The third-order valence-electron chi connectivity index (χ3n) is 3.24. The monoisotopic (exact) mass is 269 g/mol. The second-order valence-corrected chi connectivity index (χ2v) is 4.83. The molecule has 0 radical (unpaired) electrons. The highest BCUT2D eigenvalue weighted by Crippen LogP contribution is 2.17. The minimum absolute atomic E-state index is 0.0633. The molecule has 2 N–H and O–H groups in total. The van der Waals surface area contributed by atoms with E-state index in [4.69, 9.17) is 0 Å². The zero-order chi connectivity index (χ0) is 14.4. The quantitative estimate of drug-likeness (QED) is 0.876. The van der Waals surface area contributed by atoms with Gasteiger partial charge in [0, 0.05) is 0 Å². The molecule has 3 heteroatoms. The van der Waals surface area contributed by atoms with Crippen molar-refractivity contribution in [3.05, 3.63) is 71.8 Å². The zero-order valence-electron chi connectivity index (χ0n) is 11.5. The average molecular weight is 269 g/mol.